The molecule has 1 amide bonds. The first-order valence-corrected chi connectivity index (χ1v) is 8.97. The van der Waals surface area contributed by atoms with Gasteiger partial charge in [-0.25, -0.2) is 23.7 Å². The Labute approximate surface area is 169 Å². The van der Waals surface area contributed by atoms with Gasteiger partial charge in [-0.15, -0.1) is 0 Å². The molecule has 1 unspecified atom stereocenters. The number of H-pyrrole nitrogens is 1. The molecule has 0 bridgehead atoms. The van der Waals surface area contributed by atoms with E-state index < -0.39 is 23.4 Å². The molecule has 0 saturated heterocycles. The molecule has 1 aromatic carbocycles. The first-order valence-electron chi connectivity index (χ1n) is 8.97. The van der Waals surface area contributed by atoms with Crippen molar-refractivity contribution < 1.29 is 27.6 Å². The molecular formula is C20H19F2N3O5. The molecule has 3 aromatic rings. The fourth-order valence-corrected chi connectivity index (χ4v) is 2.74. The standard InChI is InChI=1S/C20H19F2N3O5/c1-11(29-16-6-4-13(10-24-16)19(26)23-7-8-28-2)17-18(25-30-20(17)27)12-3-5-14(21)15(22)9-12/h3-6,9-11,25H,7-8H2,1-2H3,(H,23,26). The lowest BCUT2D eigenvalue weighted by Crippen LogP contribution is -2.27. The molecular weight excluding hydrogens is 400 g/mol. The van der Waals surface area contributed by atoms with Crippen LogP contribution >= 0.6 is 0 Å². The Kier molecular flexibility index (Phi) is 6.58. The van der Waals surface area contributed by atoms with E-state index in [0.717, 1.165) is 12.1 Å². The van der Waals surface area contributed by atoms with Crippen LogP contribution in [0.1, 0.15) is 28.9 Å². The number of carbonyl (C=O) groups is 1. The maximum absolute atomic E-state index is 13.6. The van der Waals surface area contributed by atoms with Crippen LogP contribution in [0.15, 0.2) is 45.8 Å². The lowest BCUT2D eigenvalue weighted by molar-refractivity contribution is 0.0936. The van der Waals surface area contributed by atoms with Gasteiger partial charge in [-0.2, -0.15) is 0 Å². The second-order valence-corrected chi connectivity index (χ2v) is 6.30. The summed E-state index contributed by atoms with van der Waals surface area (Å²) in [5, 5.41) is 5.08. The zero-order chi connectivity index (χ0) is 21.7. The number of nitrogens with one attached hydrogen (secondary N) is 2. The van der Waals surface area contributed by atoms with Crippen molar-refractivity contribution in [2.45, 2.75) is 13.0 Å². The van der Waals surface area contributed by atoms with Crippen LogP contribution in [0.5, 0.6) is 5.88 Å². The Morgan fingerprint density at radius 1 is 1.27 bits per heavy atom. The largest absolute Gasteiger partial charge is 0.469 e. The van der Waals surface area contributed by atoms with Gasteiger partial charge in [-0.1, -0.05) is 0 Å². The average Bonchev–Trinajstić information content (AvgIpc) is 3.12. The minimum absolute atomic E-state index is 0.0872. The highest BCUT2D eigenvalue weighted by molar-refractivity contribution is 5.93. The third kappa shape index (κ3) is 4.71. The zero-order valence-corrected chi connectivity index (χ0v) is 16.2. The van der Waals surface area contributed by atoms with Gasteiger partial charge in [-0.3, -0.25) is 4.79 Å². The minimum atomic E-state index is -1.06. The van der Waals surface area contributed by atoms with E-state index in [1.165, 1.54) is 31.5 Å². The number of hydrogen-bond donors (Lipinski definition) is 2. The van der Waals surface area contributed by atoms with Gasteiger partial charge < -0.3 is 19.3 Å². The molecule has 10 heteroatoms. The van der Waals surface area contributed by atoms with Crippen LogP contribution in [0, 0.1) is 11.6 Å². The Bertz CT molecular complexity index is 1080. The number of ether oxygens (including phenoxy) is 2. The summed E-state index contributed by atoms with van der Waals surface area (Å²) in [5.41, 5.74) is 0.0945. The summed E-state index contributed by atoms with van der Waals surface area (Å²) in [6.07, 6.45) is 0.504. The van der Waals surface area contributed by atoms with Gasteiger partial charge in [0.25, 0.3) is 5.91 Å². The second kappa shape index (κ2) is 9.31. The number of rotatable bonds is 8. The fraction of sp³-hybridized carbons (Fsp3) is 0.250. The molecule has 8 nitrogen and oxygen atoms in total. The number of benzene rings is 1. The molecule has 0 aliphatic rings. The molecule has 2 heterocycles. The van der Waals surface area contributed by atoms with Crippen molar-refractivity contribution in [3.05, 3.63) is 69.7 Å². The first-order chi connectivity index (χ1) is 14.4. The molecule has 30 heavy (non-hydrogen) atoms. The van der Waals surface area contributed by atoms with E-state index in [0.29, 0.717) is 18.7 Å². The van der Waals surface area contributed by atoms with Crippen molar-refractivity contribution in [3.63, 3.8) is 0 Å². The Morgan fingerprint density at radius 3 is 2.73 bits per heavy atom. The van der Waals surface area contributed by atoms with E-state index in [1.54, 1.807) is 6.92 Å². The van der Waals surface area contributed by atoms with Gasteiger partial charge in [0.2, 0.25) is 5.88 Å². The van der Waals surface area contributed by atoms with Crippen LogP contribution in [-0.2, 0) is 4.74 Å². The molecule has 2 N–H and O–H groups in total. The number of carbonyl (C=O) groups excluding carboxylic acids is 1. The highest BCUT2D eigenvalue weighted by Gasteiger charge is 2.23. The molecule has 2 aromatic heterocycles. The normalized spacial score (nSPS) is 11.9. The van der Waals surface area contributed by atoms with E-state index in [4.69, 9.17) is 14.0 Å². The molecule has 0 radical (unpaired) electrons. The van der Waals surface area contributed by atoms with Crippen LogP contribution in [0.25, 0.3) is 11.3 Å². The Hall–Kier alpha value is -3.53. The van der Waals surface area contributed by atoms with E-state index in [2.05, 4.69) is 15.5 Å². The SMILES string of the molecule is COCCNC(=O)c1ccc(OC(C)c2c(-c3ccc(F)c(F)c3)[nH]oc2=O)nc1. The molecule has 0 spiro atoms. The summed E-state index contributed by atoms with van der Waals surface area (Å²) in [6, 6.07) is 6.20. The topological polar surface area (TPSA) is 106 Å². The first kappa shape index (κ1) is 21.2. The van der Waals surface area contributed by atoms with Gasteiger partial charge in [0.1, 0.15) is 11.7 Å². The summed E-state index contributed by atoms with van der Waals surface area (Å²) in [4.78, 5) is 28.2. The van der Waals surface area contributed by atoms with E-state index in [9.17, 15) is 18.4 Å². The predicted molar refractivity (Wildman–Crippen MR) is 102 cm³/mol. The van der Waals surface area contributed by atoms with Gasteiger partial charge in [0.15, 0.2) is 11.6 Å². The highest BCUT2D eigenvalue weighted by atomic mass is 19.2. The molecule has 0 saturated carbocycles. The van der Waals surface area contributed by atoms with Crippen molar-refractivity contribution in [3.8, 4) is 17.1 Å². The van der Waals surface area contributed by atoms with Crippen molar-refractivity contribution >= 4 is 5.91 Å². The van der Waals surface area contributed by atoms with Gasteiger partial charge >= 0.3 is 5.63 Å². The smallest absolute Gasteiger partial charge is 0.364 e. The minimum Gasteiger partial charge on any atom is -0.469 e. The quantitative estimate of drug-likeness (QED) is 0.544. The number of nitrogens with zero attached hydrogens (tertiary/aromatic N) is 1. The summed E-state index contributed by atoms with van der Waals surface area (Å²) >= 11 is 0. The number of pyridine rings is 1. The van der Waals surface area contributed by atoms with E-state index in [1.807, 2.05) is 0 Å². The zero-order valence-electron chi connectivity index (χ0n) is 16.2. The summed E-state index contributed by atoms with van der Waals surface area (Å²) in [7, 11) is 1.53. The van der Waals surface area contributed by atoms with Crippen molar-refractivity contribution in [1.29, 1.82) is 0 Å². The predicted octanol–water partition coefficient (Wildman–Crippen LogP) is 2.82. The van der Waals surface area contributed by atoms with Crippen LogP contribution in [0.3, 0.4) is 0 Å². The summed E-state index contributed by atoms with van der Waals surface area (Å²) in [5.74, 6) is -2.22. The molecule has 3 rings (SSSR count). The Balaban J connectivity index is 1.76. The maximum Gasteiger partial charge on any atom is 0.364 e. The molecule has 0 aliphatic heterocycles. The fourth-order valence-electron chi connectivity index (χ4n) is 2.74. The number of halogens is 2. The highest BCUT2D eigenvalue weighted by Crippen LogP contribution is 2.28. The van der Waals surface area contributed by atoms with Crippen LogP contribution in [0.2, 0.25) is 0 Å². The number of amides is 1. The van der Waals surface area contributed by atoms with Gasteiger partial charge in [0, 0.05) is 31.5 Å². The maximum atomic E-state index is 13.6. The van der Waals surface area contributed by atoms with Crippen molar-refractivity contribution in [1.82, 2.24) is 15.5 Å². The van der Waals surface area contributed by atoms with E-state index in [-0.39, 0.29) is 28.6 Å². The number of aromatic amines is 1. The number of hydrogen-bond acceptors (Lipinski definition) is 6. The molecule has 158 valence electrons. The Morgan fingerprint density at radius 2 is 2.07 bits per heavy atom. The van der Waals surface area contributed by atoms with Crippen LogP contribution in [0.4, 0.5) is 8.78 Å². The number of methoxy groups -OCH3 is 1. The molecule has 0 fully saturated rings. The molecule has 0 aliphatic carbocycles. The van der Waals surface area contributed by atoms with Crippen molar-refractivity contribution in [2.24, 2.45) is 0 Å². The summed E-state index contributed by atoms with van der Waals surface area (Å²) in [6.45, 7) is 2.33. The molecule has 1 atom stereocenters. The third-order valence-corrected chi connectivity index (χ3v) is 4.24. The summed E-state index contributed by atoms with van der Waals surface area (Å²) < 4.78 is 42.1. The monoisotopic (exact) mass is 419 g/mol. The van der Waals surface area contributed by atoms with Crippen LogP contribution < -0.4 is 15.7 Å². The third-order valence-electron chi connectivity index (χ3n) is 4.24. The number of aromatic nitrogens is 2. The van der Waals surface area contributed by atoms with Gasteiger partial charge in [0.05, 0.1) is 17.9 Å². The lowest BCUT2D eigenvalue weighted by atomic mass is 10.0. The average molecular weight is 419 g/mol. The van der Waals surface area contributed by atoms with Gasteiger partial charge in [-0.05, 0) is 31.2 Å². The lowest BCUT2D eigenvalue weighted by Gasteiger charge is -2.13. The van der Waals surface area contributed by atoms with E-state index >= 15 is 0 Å². The van der Waals surface area contributed by atoms with Crippen LogP contribution in [-0.4, -0.2) is 36.3 Å². The second-order valence-electron chi connectivity index (χ2n) is 6.30. The van der Waals surface area contributed by atoms with Crippen molar-refractivity contribution in [2.75, 3.05) is 20.3 Å².